The number of nitrogens with one attached hydrogen (secondary N) is 1. The summed E-state index contributed by atoms with van der Waals surface area (Å²) in [5.41, 5.74) is 7.00. The molecule has 0 saturated heterocycles. The molecule has 0 bridgehead atoms. The van der Waals surface area contributed by atoms with Crippen LogP contribution in [0.5, 0.6) is 5.88 Å². The topological polar surface area (TPSA) is 74.2 Å². The number of hydroxylamine groups is 1. The number of hydrogen-bond donors (Lipinski definition) is 1. The molecular formula is C25H28ClN3O4. The molecule has 7 nitrogen and oxygen atoms in total. The van der Waals surface area contributed by atoms with Crippen molar-refractivity contribution in [3.63, 3.8) is 0 Å². The van der Waals surface area contributed by atoms with Crippen LogP contribution in [0.3, 0.4) is 0 Å². The van der Waals surface area contributed by atoms with E-state index < -0.39 is 0 Å². The van der Waals surface area contributed by atoms with E-state index in [4.69, 9.17) is 30.7 Å². The predicted octanol–water partition coefficient (Wildman–Crippen LogP) is 5.09. The number of halogens is 1. The Morgan fingerprint density at radius 3 is 2.58 bits per heavy atom. The molecule has 1 atom stereocenters. The van der Waals surface area contributed by atoms with E-state index in [2.05, 4.69) is 15.6 Å². The van der Waals surface area contributed by atoms with E-state index in [0.29, 0.717) is 23.2 Å². The molecule has 33 heavy (non-hydrogen) atoms. The molecule has 0 fully saturated rings. The maximum Gasteiger partial charge on any atom is 0.232 e. The molecule has 0 radical (unpaired) electrons. The SMILES string of the molecule is CNOC/C(=N/OC)c1ccccc1COc1ncc(C(C)OCc2ccccc2)cc1Cl. The van der Waals surface area contributed by atoms with Crippen molar-refractivity contribution in [2.75, 3.05) is 20.8 Å². The lowest BCUT2D eigenvalue weighted by atomic mass is 10.0. The van der Waals surface area contributed by atoms with E-state index >= 15 is 0 Å². The number of rotatable bonds is 12. The first-order valence-electron chi connectivity index (χ1n) is 10.5. The third kappa shape index (κ3) is 7.27. The Labute approximate surface area is 199 Å². The standard InChI is InChI=1S/C25H28ClN3O4/c1-18(31-15-19-9-5-4-6-10-19)21-13-23(26)25(28-14-21)32-16-20-11-7-8-12-22(20)24(29-30-3)17-33-27-2/h4-14,18,27H,15-17H2,1-3H3/b29-24-. The molecule has 0 aliphatic rings. The van der Waals surface area contributed by atoms with Gasteiger partial charge in [0.1, 0.15) is 31.1 Å². The first-order valence-corrected chi connectivity index (χ1v) is 10.9. The number of benzene rings is 2. The molecule has 1 N–H and O–H groups in total. The minimum absolute atomic E-state index is 0.162. The molecule has 1 unspecified atom stereocenters. The largest absolute Gasteiger partial charge is 0.472 e. The lowest BCUT2D eigenvalue weighted by Crippen LogP contribution is -2.19. The molecule has 0 spiro atoms. The van der Waals surface area contributed by atoms with Crippen molar-refractivity contribution in [1.29, 1.82) is 0 Å². The number of hydrogen-bond acceptors (Lipinski definition) is 7. The molecule has 0 saturated carbocycles. The van der Waals surface area contributed by atoms with E-state index in [0.717, 1.165) is 22.3 Å². The highest BCUT2D eigenvalue weighted by Crippen LogP contribution is 2.28. The van der Waals surface area contributed by atoms with Gasteiger partial charge < -0.3 is 14.3 Å². The van der Waals surface area contributed by atoms with Gasteiger partial charge in [-0.15, -0.1) is 0 Å². The summed E-state index contributed by atoms with van der Waals surface area (Å²) in [4.78, 5) is 14.7. The second-order valence-corrected chi connectivity index (χ2v) is 7.56. The van der Waals surface area contributed by atoms with Gasteiger partial charge in [0.2, 0.25) is 5.88 Å². The summed E-state index contributed by atoms with van der Waals surface area (Å²) >= 11 is 6.46. The molecule has 8 heteroatoms. The normalized spacial score (nSPS) is 12.4. The van der Waals surface area contributed by atoms with Crippen molar-refractivity contribution < 1.29 is 19.1 Å². The number of pyridine rings is 1. The first kappa shape index (κ1) is 24.7. The van der Waals surface area contributed by atoms with Gasteiger partial charge in [0.25, 0.3) is 0 Å². The van der Waals surface area contributed by atoms with Crippen molar-refractivity contribution in [3.8, 4) is 5.88 Å². The second kappa shape index (κ2) is 12.9. The van der Waals surface area contributed by atoms with E-state index in [1.807, 2.05) is 67.6 Å². The average Bonchev–Trinajstić information content (AvgIpc) is 2.85. The molecule has 1 aromatic heterocycles. The molecule has 3 rings (SSSR count). The number of ether oxygens (including phenoxy) is 2. The van der Waals surface area contributed by atoms with Crippen LogP contribution >= 0.6 is 11.6 Å². The molecule has 0 aliphatic carbocycles. The Bertz CT molecular complexity index is 1050. The van der Waals surface area contributed by atoms with Crippen molar-refractivity contribution >= 4 is 17.3 Å². The zero-order chi connectivity index (χ0) is 23.5. The summed E-state index contributed by atoms with van der Waals surface area (Å²) in [7, 11) is 3.18. The Kier molecular flexibility index (Phi) is 9.65. The fourth-order valence-corrected chi connectivity index (χ4v) is 3.37. The van der Waals surface area contributed by atoms with Crippen molar-refractivity contribution in [3.05, 3.63) is 94.1 Å². The van der Waals surface area contributed by atoms with Gasteiger partial charge in [-0.3, -0.25) is 4.84 Å². The zero-order valence-corrected chi connectivity index (χ0v) is 19.7. The maximum atomic E-state index is 6.46. The van der Waals surface area contributed by atoms with Crippen LogP contribution in [0.4, 0.5) is 0 Å². The van der Waals surface area contributed by atoms with E-state index in [-0.39, 0.29) is 19.3 Å². The fourth-order valence-electron chi connectivity index (χ4n) is 3.14. The third-order valence-electron chi connectivity index (χ3n) is 4.89. The highest BCUT2D eigenvalue weighted by molar-refractivity contribution is 6.31. The van der Waals surface area contributed by atoms with Crippen LogP contribution in [0.15, 0.2) is 72.0 Å². The predicted molar refractivity (Wildman–Crippen MR) is 128 cm³/mol. The fraction of sp³-hybridized carbons (Fsp3) is 0.280. The van der Waals surface area contributed by atoms with Gasteiger partial charge in [-0.1, -0.05) is 71.4 Å². The van der Waals surface area contributed by atoms with Crippen LogP contribution in [0.25, 0.3) is 0 Å². The summed E-state index contributed by atoms with van der Waals surface area (Å²) in [6.07, 6.45) is 1.56. The first-order chi connectivity index (χ1) is 16.1. The van der Waals surface area contributed by atoms with Gasteiger partial charge in [0, 0.05) is 24.4 Å². The summed E-state index contributed by atoms with van der Waals surface area (Å²) in [5, 5.41) is 4.50. The van der Waals surface area contributed by atoms with Gasteiger partial charge in [-0.25, -0.2) is 10.5 Å². The quantitative estimate of drug-likeness (QED) is 0.294. The van der Waals surface area contributed by atoms with Crippen LogP contribution in [0.2, 0.25) is 5.02 Å². The Morgan fingerprint density at radius 2 is 1.85 bits per heavy atom. The summed E-state index contributed by atoms with van der Waals surface area (Å²) in [5.74, 6) is 0.349. The van der Waals surface area contributed by atoms with Gasteiger partial charge in [0.05, 0.1) is 12.7 Å². The van der Waals surface area contributed by atoms with Crippen molar-refractivity contribution in [2.45, 2.75) is 26.2 Å². The minimum Gasteiger partial charge on any atom is -0.472 e. The van der Waals surface area contributed by atoms with Crippen LogP contribution in [0, 0.1) is 0 Å². The van der Waals surface area contributed by atoms with E-state index in [1.54, 1.807) is 13.2 Å². The molecule has 174 valence electrons. The smallest absolute Gasteiger partial charge is 0.232 e. The maximum absolute atomic E-state index is 6.46. The minimum atomic E-state index is -0.162. The number of oxime groups is 1. The summed E-state index contributed by atoms with van der Waals surface area (Å²) < 4.78 is 11.9. The monoisotopic (exact) mass is 469 g/mol. The van der Waals surface area contributed by atoms with Crippen LogP contribution in [0.1, 0.15) is 35.3 Å². The summed E-state index contributed by atoms with van der Waals surface area (Å²) in [6, 6.07) is 19.6. The van der Waals surface area contributed by atoms with Gasteiger partial charge in [0.15, 0.2) is 0 Å². The van der Waals surface area contributed by atoms with Gasteiger partial charge in [-0.05, 0) is 24.1 Å². The average molecular weight is 470 g/mol. The zero-order valence-electron chi connectivity index (χ0n) is 19.0. The summed E-state index contributed by atoms with van der Waals surface area (Å²) in [6.45, 7) is 2.97. The number of aromatic nitrogens is 1. The molecule has 2 aromatic carbocycles. The van der Waals surface area contributed by atoms with Crippen LogP contribution in [-0.2, 0) is 27.6 Å². The highest BCUT2D eigenvalue weighted by Gasteiger charge is 2.14. The Hall–Kier alpha value is -2.97. The van der Waals surface area contributed by atoms with E-state index in [1.165, 1.54) is 7.11 Å². The lowest BCUT2D eigenvalue weighted by Gasteiger charge is -2.16. The third-order valence-corrected chi connectivity index (χ3v) is 5.16. The molecular weight excluding hydrogens is 442 g/mol. The molecule has 0 aliphatic heterocycles. The van der Waals surface area contributed by atoms with Gasteiger partial charge in [-0.2, -0.15) is 0 Å². The Balaban J connectivity index is 1.66. The highest BCUT2D eigenvalue weighted by atomic mass is 35.5. The Morgan fingerprint density at radius 1 is 1.09 bits per heavy atom. The van der Waals surface area contributed by atoms with Crippen LogP contribution in [-0.4, -0.2) is 31.5 Å². The molecule has 3 aromatic rings. The van der Waals surface area contributed by atoms with Crippen molar-refractivity contribution in [2.24, 2.45) is 5.16 Å². The van der Waals surface area contributed by atoms with Crippen molar-refractivity contribution in [1.82, 2.24) is 10.5 Å². The second-order valence-electron chi connectivity index (χ2n) is 7.15. The lowest BCUT2D eigenvalue weighted by molar-refractivity contribution is 0.0523. The number of nitrogens with zero attached hydrogens (tertiary/aromatic N) is 2. The van der Waals surface area contributed by atoms with E-state index in [9.17, 15) is 0 Å². The molecule has 0 amide bonds. The van der Waals surface area contributed by atoms with Gasteiger partial charge >= 0.3 is 0 Å². The molecule has 1 heterocycles. The van der Waals surface area contributed by atoms with Crippen LogP contribution < -0.4 is 10.2 Å².